The van der Waals surface area contributed by atoms with Gasteiger partial charge in [0.25, 0.3) is 0 Å². The zero-order valence-corrected chi connectivity index (χ0v) is 8.12. The highest BCUT2D eigenvalue weighted by molar-refractivity contribution is 5.54. The second-order valence-corrected chi connectivity index (χ2v) is 2.95. The summed E-state index contributed by atoms with van der Waals surface area (Å²) >= 11 is 0. The molecule has 16 heavy (non-hydrogen) atoms. The van der Waals surface area contributed by atoms with Gasteiger partial charge in [0.1, 0.15) is 17.8 Å². The van der Waals surface area contributed by atoms with Gasteiger partial charge >= 0.3 is 0 Å². The normalized spacial score (nSPS) is 9.12. The van der Waals surface area contributed by atoms with E-state index in [4.69, 9.17) is 10.5 Å². The van der Waals surface area contributed by atoms with Gasteiger partial charge in [0.05, 0.1) is 23.7 Å². The van der Waals surface area contributed by atoms with Gasteiger partial charge in [-0.25, -0.2) is 4.98 Å². The smallest absolute Gasteiger partial charge is 0.159 e. The van der Waals surface area contributed by atoms with Gasteiger partial charge in [0.2, 0.25) is 0 Å². The van der Waals surface area contributed by atoms with Crippen LogP contribution >= 0.6 is 0 Å². The van der Waals surface area contributed by atoms with E-state index < -0.39 is 0 Å². The Labute approximate surface area is 91.7 Å². The summed E-state index contributed by atoms with van der Waals surface area (Å²) in [7, 11) is 0. The van der Waals surface area contributed by atoms with Gasteiger partial charge in [0, 0.05) is 6.20 Å². The number of aromatic nitrogens is 3. The van der Waals surface area contributed by atoms with E-state index in [1.54, 1.807) is 12.1 Å². The predicted octanol–water partition coefficient (Wildman–Crippen LogP) is 1.28. The molecule has 2 heterocycles. The molecule has 0 fully saturated rings. The van der Waals surface area contributed by atoms with Crippen LogP contribution in [0.4, 0.5) is 0 Å². The SMILES string of the molecule is N#Cc1ccc(-c2cncc(C#N)n2)nc1. The second-order valence-electron chi connectivity index (χ2n) is 2.95. The van der Waals surface area contributed by atoms with Crippen molar-refractivity contribution in [3.05, 3.63) is 42.0 Å². The quantitative estimate of drug-likeness (QED) is 0.703. The molecule has 0 N–H and O–H groups in total. The Hall–Kier alpha value is -2.79. The van der Waals surface area contributed by atoms with Gasteiger partial charge < -0.3 is 0 Å². The molecular weight excluding hydrogens is 202 g/mol. The van der Waals surface area contributed by atoms with Crippen LogP contribution in [0.5, 0.6) is 0 Å². The average molecular weight is 207 g/mol. The van der Waals surface area contributed by atoms with E-state index in [1.165, 1.54) is 18.6 Å². The number of rotatable bonds is 1. The summed E-state index contributed by atoms with van der Waals surface area (Å²) in [5.74, 6) is 0. The first-order valence-corrected chi connectivity index (χ1v) is 4.42. The summed E-state index contributed by atoms with van der Waals surface area (Å²) in [4.78, 5) is 12.0. The van der Waals surface area contributed by atoms with E-state index >= 15 is 0 Å². The third-order valence-electron chi connectivity index (χ3n) is 1.90. The van der Waals surface area contributed by atoms with Crippen molar-refractivity contribution in [1.82, 2.24) is 15.0 Å². The lowest BCUT2D eigenvalue weighted by Gasteiger charge is -1.98. The summed E-state index contributed by atoms with van der Waals surface area (Å²) in [5.41, 5.74) is 1.82. The number of hydrogen-bond acceptors (Lipinski definition) is 5. The monoisotopic (exact) mass is 207 g/mol. The molecule has 0 aliphatic carbocycles. The molecule has 0 spiro atoms. The number of hydrogen-bond donors (Lipinski definition) is 0. The lowest BCUT2D eigenvalue weighted by Crippen LogP contribution is -1.92. The van der Waals surface area contributed by atoms with Crippen LogP contribution in [0.25, 0.3) is 11.4 Å². The van der Waals surface area contributed by atoms with Crippen LogP contribution < -0.4 is 0 Å². The fourth-order valence-corrected chi connectivity index (χ4v) is 1.15. The van der Waals surface area contributed by atoms with Crippen molar-refractivity contribution in [2.45, 2.75) is 0 Å². The number of pyridine rings is 1. The van der Waals surface area contributed by atoms with Crippen molar-refractivity contribution in [3.8, 4) is 23.5 Å². The minimum atomic E-state index is 0.239. The van der Waals surface area contributed by atoms with Crippen LogP contribution in [0, 0.1) is 22.7 Å². The molecule has 0 atom stereocenters. The Bertz CT molecular complexity index is 589. The lowest BCUT2D eigenvalue weighted by molar-refractivity contribution is 1.14. The fourth-order valence-electron chi connectivity index (χ4n) is 1.15. The highest BCUT2D eigenvalue weighted by Crippen LogP contribution is 2.13. The van der Waals surface area contributed by atoms with E-state index in [0.29, 0.717) is 17.0 Å². The maximum absolute atomic E-state index is 8.68. The zero-order valence-electron chi connectivity index (χ0n) is 8.12. The predicted molar refractivity (Wildman–Crippen MR) is 54.7 cm³/mol. The Kier molecular flexibility index (Phi) is 2.53. The van der Waals surface area contributed by atoms with E-state index in [1.807, 2.05) is 12.1 Å². The van der Waals surface area contributed by atoms with Crippen LogP contribution in [0.2, 0.25) is 0 Å². The molecule has 0 amide bonds. The summed E-state index contributed by atoms with van der Waals surface area (Å²) < 4.78 is 0. The zero-order chi connectivity index (χ0) is 11.4. The Morgan fingerprint density at radius 3 is 2.44 bits per heavy atom. The Morgan fingerprint density at radius 2 is 1.81 bits per heavy atom. The van der Waals surface area contributed by atoms with E-state index in [9.17, 15) is 0 Å². The molecule has 2 aromatic rings. The lowest BCUT2D eigenvalue weighted by atomic mass is 10.2. The summed E-state index contributed by atoms with van der Waals surface area (Å²) in [6.07, 6.45) is 4.36. The van der Waals surface area contributed by atoms with Crippen molar-refractivity contribution >= 4 is 0 Å². The highest BCUT2D eigenvalue weighted by atomic mass is 14.8. The molecule has 74 valence electrons. The van der Waals surface area contributed by atoms with Crippen LogP contribution in [-0.2, 0) is 0 Å². The van der Waals surface area contributed by atoms with Gasteiger partial charge in [-0.1, -0.05) is 0 Å². The van der Waals surface area contributed by atoms with Crippen molar-refractivity contribution in [1.29, 1.82) is 10.5 Å². The maximum atomic E-state index is 8.68. The van der Waals surface area contributed by atoms with Crippen molar-refractivity contribution in [2.24, 2.45) is 0 Å². The molecule has 2 aromatic heterocycles. The maximum Gasteiger partial charge on any atom is 0.159 e. The van der Waals surface area contributed by atoms with Gasteiger partial charge in [0.15, 0.2) is 5.69 Å². The topological polar surface area (TPSA) is 86.2 Å². The van der Waals surface area contributed by atoms with Gasteiger partial charge in [-0.05, 0) is 12.1 Å². The molecular formula is C11H5N5. The van der Waals surface area contributed by atoms with E-state index in [-0.39, 0.29) is 5.69 Å². The largest absolute Gasteiger partial charge is 0.259 e. The molecule has 2 rings (SSSR count). The Morgan fingerprint density at radius 1 is 0.938 bits per heavy atom. The van der Waals surface area contributed by atoms with Crippen molar-refractivity contribution in [2.75, 3.05) is 0 Å². The molecule has 0 aromatic carbocycles. The first-order valence-electron chi connectivity index (χ1n) is 4.42. The second kappa shape index (κ2) is 4.16. The third kappa shape index (κ3) is 1.84. The molecule has 0 radical (unpaired) electrons. The minimum absolute atomic E-state index is 0.239. The first-order chi connectivity index (χ1) is 7.83. The standard InChI is InChI=1S/C11H5N5/c12-3-8-1-2-10(15-5-8)11-7-14-6-9(4-13)16-11/h1-2,5-7H. The Balaban J connectivity index is 2.44. The molecule has 0 saturated carbocycles. The molecule has 0 aliphatic heterocycles. The fraction of sp³-hybridized carbons (Fsp3) is 0. The molecule has 0 aliphatic rings. The highest BCUT2D eigenvalue weighted by Gasteiger charge is 2.02. The van der Waals surface area contributed by atoms with Crippen LogP contribution in [0.1, 0.15) is 11.3 Å². The summed E-state index contributed by atoms with van der Waals surface area (Å²) in [6, 6.07) is 7.20. The summed E-state index contributed by atoms with van der Waals surface area (Å²) in [6.45, 7) is 0. The molecule has 5 nitrogen and oxygen atoms in total. The van der Waals surface area contributed by atoms with Crippen molar-refractivity contribution < 1.29 is 0 Å². The van der Waals surface area contributed by atoms with Crippen LogP contribution in [-0.4, -0.2) is 15.0 Å². The minimum Gasteiger partial charge on any atom is -0.259 e. The third-order valence-corrected chi connectivity index (χ3v) is 1.90. The first kappa shape index (κ1) is 9.75. The number of nitrogens with zero attached hydrogens (tertiary/aromatic N) is 5. The van der Waals surface area contributed by atoms with Crippen molar-refractivity contribution in [3.63, 3.8) is 0 Å². The molecule has 0 bridgehead atoms. The average Bonchev–Trinajstić information content (AvgIpc) is 2.39. The number of nitriles is 2. The van der Waals surface area contributed by atoms with Gasteiger partial charge in [-0.3, -0.25) is 9.97 Å². The van der Waals surface area contributed by atoms with Gasteiger partial charge in [-0.15, -0.1) is 0 Å². The molecule has 0 saturated heterocycles. The van der Waals surface area contributed by atoms with Crippen LogP contribution in [0.15, 0.2) is 30.7 Å². The molecule has 5 heteroatoms. The molecule has 0 unspecified atom stereocenters. The van der Waals surface area contributed by atoms with E-state index in [0.717, 1.165) is 0 Å². The van der Waals surface area contributed by atoms with E-state index in [2.05, 4.69) is 15.0 Å². The summed E-state index contributed by atoms with van der Waals surface area (Å²) in [5, 5.41) is 17.3. The van der Waals surface area contributed by atoms with Crippen LogP contribution in [0.3, 0.4) is 0 Å². The van der Waals surface area contributed by atoms with Gasteiger partial charge in [-0.2, -0.15) is 10.5 Å².